The van der Waals surface area contributed by atoms with Crippen LogP contribution in [0.15, 0.2) is 12.7 Å². The van der Waals surface area contributed by atoms with Gasteiger partial charge in [0, 0.05) is 0 Å². The summed E-state index contributed by atoms with van der Waals surface area (Å²) in [5.41, 5.74) is 0. The summed E-state index contributed by atoms with van der Waals surface area (Å²) in [7, 11) is 4.34. The van der Waals surface area contributed by atoms with Gasteiger partial charge in [-0.15, -0.1) is 6.58 Å². The fraction of sp³-hybridized carbons (Fsp3) is 0.913. The van der Waals surface area contributed by atoms with Crippen LogP contribution in [0.3, 0.4) is 0 Å². The number of nitrogens with zero attached hydrogens (tertiary/aromatic N) is 1. The highest BCUT2D eigenvalue weighted by molar-refractivity contribution is 4.65. The number of allylic oxidation sites excluding steroid dienone is 1. The molecule has 0 saturated heterocycles. The molecule has 0 radical (unpaired) electrons. The van der Waals surface area contributed by atoms with E-state index in [4.69, 9.17) is 0 Å². The van der Waals surface area contributed by atoms with Crippen molar-refractivity contribution in [3.63, 3.8) is 0 Å². The van der Waals surface area contributed by atoms with Crippen LogP contribution in [0, 0.1) is 0 Å². The molecule has 0 rings (SSSR count). The fourth-order valence-electron chi connectivity index (χ4n) is 3.37. The number of hydrogen-bond acceptors (Lipinski definition) is 1. The topological polar surface area (TPSA) is 3.24 Å². The van der Waals surface area contributed by atoms with Gasteiger partial charge in [-0.2, -0.15) is 0 Å². The lowest BCUT2D eigenvalue weighted by atomic mass is 10.0. The molecule has 0 aromatic rings. The summed E-state index contributed by atoms with van der Waals surface area (Å²) >= 11 is 0. The summed E-state index contributed by atoms with van der Waals surface area (Å²) in [4.78, 5) is 2.30. The molecule has 0 spiro atoms. The predicted molar refractivity (Wildman–Crippen MR) is 112 cm³/mol. The monoisotopic (exact) mass is 337 g/mol. The van der Waals surface area contributed by atoms with Crippen LogP contribution in [0.4, 0.5) is 0 Å². The summed E-state index contributed by atoms with van der Waals surface area (Å²) in [6.45, 7) is 5.04. The summed E-state index contributed by atoms with van der Waals surface area (Å²) in [5, 5.41) is 0. The molecule has 0 aliphatic rings. The van der Waals surface area contributed by atoms with Crippen LogP contribution >= 0.6 is 0 Å². The van der Waals surface area contributed by atoms with E-state index in [9.17, 15) is 0 Å². The van der Waals surface area contributed by atoms with E-state index >= 15 is 0 Å². The van der Waals surface area contributed by atoms with Crippen molar-refractivity contribution in [2.24, 2.45) is 0 Å². The Bertz CT molecular complexity index is 234. The molecule has 0 unspecified atom stereocenters. The van der Waals surface area contributed by atoms with Crippen molar-refractivity contribution in [1.82, 2.24) is 4.90 Å². The van der Waals surface area contributed by atoms with Crippen LogP contribution in [0.25, 0.3) is 0 Å². The van der Waals surface area contributed by atoms with E-state index in [-0.39, 0.29) is 0 Å². The average molecular weight is 338 g/mol. The summed E-state index contributed by atoms with van der Waals surface area (Å²) in [5.74, 6) is 0. The maximum Gasteiger partial charge on any atom is -0.00248 e. The zero-order valence-electron chi connectivity index (χ0n) is 17.2. The lowest BCUT2D eigenvalue weighted by Gasteiger charge is -2.08. The number of hydrogen-bond donors (Lipinski definition) is 0. The van der Waals surface area contributed by atoms with E-state index in [1.54, 1.807) is 0 Å². The summed E-state index contributed by atoms with van der Waals surface area (Å²) in [6.07, 6.45) is 27.8. The molecule has 0 atom stereocenters. The predicted octanol–water partition coefficient (Wildman–Crippen LogP) is 7.76. The van der Waals surface area contributed by atoms with E-state index in [0.29, 0.717) is 0 Å². The second-order valence-electron chi connectivity index (χ2n) is 7.89. The second kappa shape index (κ2) is 20.7. The molecule has 0 aliphatic heterocycles. The van der Waals surface area contributed by atoms with Crippen molar-refractivity contribution in [3.8, 4) is 0 Å². The molecule has 0 heterocycles. The number of unbranched alkanes of at least 4 members (excludes halogenated alkanes) is 17. The minimum absolute atomic E-state index is 1.20. The smallest absolute Gasteiger partial charge is 0.00248 e. The molecule has 0 aromatic carbocycles. The van der Waals surface area contributed by atoms with Crippen LogP contribution in [-0.4, -0.2) is 25.5 Å². The standard InChI is InChI=1S/C23H47N/c1-4-5-6-7-8-9-10-11-12-13-14-15-16-17-18-19-20-21-22-23-24(2)3/h4H,1,5-23H2,2-3H3. The molecule has 0 saturated carbocycles. The van der Waals surface area contributed by atoms with Crippen molar-refractivity contribution >= 4 is 0 Å². The van der Waals surface area contributed by atoms with Gasteiger partial charge in [0.05, 0.1) is 0 Å². The highest BCUT2D eigenvalue weighted by Crippen LogP contribution is 2.14. The summed E-state index contributed by atoms with van der Waals surface area (Å²) in [6, 6.07) is 0. The van der Waals surface area contributed by atoms with Crippen LogP contribution in [-0.2, 0) is 0 Å². The molecule has 0 fully saturated rings. The van der Waals surface area contributed by atoms with Gasteiger partial charge in [0.15, 0.2) is 0 Å². The van der Waals surface area contributed by atoms with E-state index in [0.717, 1.165) is 0 Å². The van der Waals surface area contributed by atoms with E-state index in [1.807, 2.05) is 6.08 Å². The van der Waals surface area contributed by atoms with Crippen molar-refractivity contribution in [3.05, 3.63) is 12.7 Å². The lowest BCUT2D eigenvalue weighted by molar-refractivity contribution is 0.389. The van der Waals surface area contributed by atoms with Crippen LogP contribution < -0.4 is 0 Å². The van der Waals surface area contributed by atoms with Crippen LogP contribution in [0.2, 0.25) is 0 Å². The van der Waals surface area contributed by atoms with E-state index in [1.165, 1.54) is 122 Å². The Morgan fingerprint density at radius 1 is 0.500 bits per heavy atom. The van der Waals surface area contributed by atoms with Gasteiger partial charge < -0.3 is 4.90 Å². The van der Waals surface area contributed by atoms with E-state index < -0.39 is 0 Å². The van der Waals surface area contributed by atoms with Crippen LogP contribution in [0.1, 0.15) is 116 Å². The number of rotatable bonds is 20. The molecule has 1 nitrogen and oxygen atoms in total. The first-order valence-electron chi connectivity index (χ1n) is 11.0. The van der Waals surface area contributed by atoms with Crippen molar-refractivity contribution in [2.45, 2.75) is 116 Å². The molecular formula is C23H47N. The Labute approximate surface area is 154 Å². The first-order valence-corrected chi connectivity index (χ1v) is 11.0. The molecule has 0 N–H and O–H groups in total. The Hall–Kier alpha value is -0.300. The molecule has 144 valence electrons. The van der Waals surface area contributed by atoms with Gasteiger partial charge in [-0.25, -0.2) is 0 Å². The van der Waals surface area contributed by atoms with Gasteiger partial charge in [0.1, 0.15) is 0 Å². The maximum atomic E-state index is 3.78. The molecule has 0 aliphatic carbocycles. The highest BCUT2D eigenvalue weighted by atomic mass is 15.0. The van der Waals surface area contributed by atoms with Gasteiger partial charge in [-0.1, -0.05) is 102 Å². The normalized spacial score (nSPS) is 11.3. The third-order valence-corrected chi connectivity index (χ3v) is 5.01. The average Bonchev–Trinajstić information content (AvgIpc) is 2.56. The quantitative estimate of drug-likeness (QED) is 0.162. The van der Waals surface area contributed by atoms with Crippen molar-refractivity contribution in [1.29, 1.82) is 0 Å². The Kier molecular flexibility index (Phi) is 20.5. The first kappa shape index (κ1) is 23.7. The highest BCUT2D eigenvalue weighted by Gasteiger charge is 1.95. The molecular weight excluding hydrogens is 290 g/mol. The minimum atomic E-state index is 1.20. The molecule has 0 amide bonds. The largest absolute Gasteiger partial charge is 0.309 e. The van der Waals surface area contributed by atoms with Crippen LogP contribution in [0.5, 0.6) is 0 Å². The Balaban J connectivity index is 2.97. The Morgan fingerprint density at radius 2 is 0.792 bits per heavy atom. The first-order chi connectivity index (χ1) is 11.8. The van der Waals surface area contributed by atoms with Crippen molar-refractivity contribution in [2.75, 3.05) is 20.6 Å². The molecule has 0 aromatic heterocycles. The maximum absolute atomic E-state index is 3.78. The van der Waals surface area contributed by atoms with Gasteiger partial charge in [0.2, 0.25) is 0 Å². The van der Waals surface area contributed by atoms with Crippen molar-refractivity contribution < 1.29 is 0 Å². The fourth-order valence-corrected chi connectivity index (χ4v) is 3.37. The minimum Gasteiger partial charge on any atom is -0.309 e. The zero-order valence-corrected chi connectivity index (χ0v) is 17.2. The third kappa shape index (κ3) is 21.7. The molecule has 1 heteroatoms. The Morgan fingerprint density at radius 3 is 1.08 bits per heavy atom. The molecule has 0 bridgehead atoms. The zero-order chi connectivity index (χ0) is 17.7. The van der Waals surface area contributed by atoms with E-state index in [2.05, 4.69) is 25.6 Å². The third-order valence-electron chi connectivity index (χ3n) is 5.01. The van der Waals surface area contributed by atoms with Gasteiger partial charge in [-0.3, -0.25) is 0 Å². The lowest BCUT2D eigenvalue weighted by Crippen LogP contribution is -2.12. The SMILES string of the molecule is C=CCCCCCCCCCCCCCCCCCCCN(C)C. The van der Waals surface area contributed by atoms with Gasteiger partial charge in [-0.05, 0) is 39.9 Å². The van der Waals surface area contributed by atoms with Gasteiger partial charge in [0.25, 0.3) is 0 Å². The van der Waals surface area contributed by atoms with Gasteiger partial charge >= 0.3 is 0 Å². The second-order valence-corrected chi connectivity index (χ2v) is 7.89. The summed E-state index contributed by atoms with van der Waals surface area (Å²) < 4.78 is 0. The molecule has 24 heavy (non-hydrogen) atoms.